The third kappa shape index (κ3) is 3.90. The number of sulfonamides is 1. The van der Waals surface area contributed by atoms with E-state index in [4.69, 9.17) is 5.11 Å². The summed E-state index contributed by atoms with van der Waals surface area (Å²) in [4.78, 5) is 0. The zero-order valence-electron chi connectivity index (χ0n) is 8.53. The Morgan fingerprint density at radius 3 is 2.47 bits per heavy atom. The minimum absolute atomic E-state index is 0.0267. The number of halogens is 3. The molecule has 0 fully saturated rings. The fraction of sp³-hybridized carbons (Fsp3) is 0.333. The molecule has 0 aliphatic heterocycles. The Kier molecular flexibility index (Phi) is 3.99. The molecule has 17 heavy (non-hydrogen) atoms. The average Bonchev–Trinajstić information content (AvgIpc) is 2.15. The maximum absolute atomic E-state index is 11.9. The van der Waals surface area contributed by atoms with Gasteiger partial charge in [0.1, 0.15) is 5.75 Å². The van der Waals surface area contributed by atoms with Gasteiger partial charge in [-0.2, -0.15) is 13.2 Å². The highest BCUT2D eigenvalue weighted by Gasteiger charge is 2.45. The van der Waals surface area contributed by atoms with Crippen molar-refractivity contribution in [2.75, 3.05) is 6.54 Å². The van der Waals surface area contributed by atoms with Gasteiger partial charge >= 0.3 is 15.5 Å². The van der Waals surface area contributed by atoms with Crippen LogP contribution in [0.4, 0.5) is 13.2 Å². The number of hydrogen-bond donors (Lipinski definition) is 2. The van der Waals surface area contributed by atoms with Gasteiger partial charge in [0.15, 0.2) is 0 Å². The van der Waals surface area contributed by atoms with Crippen LogP contribution < -0.4 is 4.72 Å². The molecule has 0 amide bonds. The standard InChI is InChI=1S/C9H10F3NO3S/c10-9(11,12)17(15,16)13-5-4-7-2-1-3-8(14)6-7/h1-3,6,13-14H,4-5H2. The van der Waals surface area contributed by atoms with Gasteiger partial charge in [-0.05, 0) is 24.1 Å². The van der Waals surface area contributed by atoms with Gasteiger partial charge < -0.3 is 5.11 Å². The lowest BCUT2D eigenvalue weighted by atomic mass is 10.1. The van der Waals surface area contributed by atoms with E-state index in [2.05, 4.69) is 0 Å². The first kappa shape index (κ1) is 13.8. The molecule has 0 radical (unpaired) electrons. The Balaban J connectivity index is 2.55. The zero-order chi connectivity index (χ0) is 13.1. The molecular weight excluding hydrogens is 259 g/mol. The van der Waals surface area contributed by atoms with E-state index in [0.29, 0.717) is 5.56 Å². The van der Waals surface area contributed by atoms with Crippen LogP contribution in [-0.4, -0.2) is 25.6 Å². The second kappa shape index (κ2) is 4.92. The number of alkyl halides is 3. The molecule has 0 spiro atoms. The van der Waals surface area contributed by atoms with Gasteiger partial charge in [-0.3, -0.25) is 0 Å². The van der Waals surface area contributed by atoms with Crippen LogP contribution in [0.2, 0.25) is 0 Å². The van der Waals surface area contributed by atoms with E-state index in [1.165, 1.54) is 22.9 Å². The normalized spacial score (nSPS) is 12.6. The fourth-order valence-corrected chi connectivity index (χ4v) is 1.66. The van der Waals surface area contributed by atoms with Crippen molar-refractivity contribution in [2.45, 2.75) is 11.9 Å². The number of phenols is 1. The number of rotatable bonds is 4. The molecule has 0 bridgehead atoms. The number of phenolic OH excluding ortho intramolecular Hbond substituents is 1. The van der Waals surface area contributed by atoms with Gasteiger partial charge in [-0.15, -0.1) is 0 Å². The quantitative estimate of drug-likeness (QED) is 0.867. The molecule has 2 N–H and O–H groups in total. The second-order valence-corrected chi connectivity index (χ2v) is 5.02. The highest BCUT2D eigenvalue weighted by Crippen LogP contribution is 2.21. The Labute approximate surface area is 96.1 Å². The topological polar surface area (TPSA) is 66.4 Å². The number of hydrogen-bond acceptors (Lipinski definition) is 3. The minimum atomic E-state index is -5.30. The minimum Gasteiger partial charge on any atom is -0.508 e. The molecule has 1 rings (SSSR count). The molecule has 8 heteroatoms. The molecule has 0 aromatic heterocycles. The van der Waals surface area contributed by atoms with Crippen molar-refractivity contribution < 1.29 is 26.7 Å². The molecule has 1 aromatic carbocycles. The largest absolute Gasteiger partial charge is 0.511 e. The van der Waals surface area contributed by atoms with Crippen molar-refractivity contribution in [1.29, 1.82) is 0 Å². The van der Waals surface area contributed by atoms with Crippen molar-refractivity contribution in [2.24, 2.45) is 0 Å². The van der Waals surface area contributed by atoms with E-state index >= 15 is 0 Å². The summed E-state index contributed by atoms with van der Waals surface area (Å²) in [6.07, 6.45) is 0.0592. The SMILES string of the molecule is O=S(=O)(NCCc1cccc(O)c1)C(F)(F)F. The lowest BCUT2D eigenvalue weighted by Crippen LogP contribution is -2.37. The summed E-state index contributed by atoms with van der Waals surface area (Å²) in [7, 11) is -5.29. The van der Waals surface area contributed by atoms with Crippen LogP contribution in [-0.2, 0) is 16.4 Å². The van der Waals surface area contributed by atoms with E-state index in [9.17, 15) is 21.6 Å². The number of aromatic hydroxyl groups is 1. The van der Waals surface area contributed by atoms with Crippen molar-refractivity contribution in [3.63, 3.8) is 0 Å². The lowest BCUT2D eigenvalue weighted by molar-refractivity contribution is -0.0447. The van der Waals surface area contributed by atoms with Gasteiger partial charge in [0.25, 0.3) is 0 Å². The van der Waals surface area contributed by atoms with Gasteiger partial charge in [-0.1, -0.05) is 12.1 Å². The Morgan fingerprint density at radius 2 is 1.94 bits per heavy atom. The molecule has 0 saturated carbocycles. The third-order valence-corrected chi connectivity index (χ3v) is 3.11. The summed E-state index contributed by atoms with van der Waals surface area (Å²) in [5.74, 6) is -0.0267. The molecule has 0 aliphatic rings. The van der Waals surface area contributed by atoms with Crippen molar-refractivity contribution in [3.05, 3.63) is 29.8 Å². The predicted octanol–water partition coefficient (Wildman–Crippen LogP) is 1.37. The van der Waals surface area contributed by atoms with Crippen molar-refractivity contribution >= 4 is 10.0 Å². The predicted molar refractivity (Wildman–Crippen MR) is 54.8 cm³/mol. The average molecular weight is 269 g/mol. The van der Waals surface area contributed by atoms with Crippen molar-refractivity contribution in [1.82, 2.24) is 4.72 Å². The summed E-state index contributed by atoms with van der Waals surface area (Å²) < 4.78 is 58.5. The molecule has 0 aliphatic carbocycles. The van der Waals surface area contributed by atoms with E-state index in [-0.39, 0.29) is 18.7 Å². The van der Waals surface area contributed by atoms with E-state index in [0.717, 1.165) is 0 Å². The smallest absolute Gasteiger partial charge is 0.508 e. The molecule has 0 heterocycles. The van der Waals surface area contributed by atoms with E-state index in [1.807, 2.05) is 0 Å². The van der Waals surface area contributed by atoms with Crippen LogP contribution in [0, 0.1) is 0 Å². The second-order valence-electron chi connectivity index (χ2n) is 3.26. The summed E-state index contributed by atoms with van der Waals surface area (Å²) in [5.41, 5.74) is -4.76. The van der Waals surface area contributed by atoms with Gasteiger partial charge in [0.2, 0.25) is 0 Å². The van der Waals surface area contributed by atoms with Crippen LogP contribution in [0.15, 0.2) is 24.3 Å². The van der Waals surface area contributed by atoms with Crippen LogP contribution in [0.1, 0.15) is 5.56 Å². The van der Waals surface area contributed by atoms with Crippen LogP contribution in [0.5, 0.6) is 5.75 Å². The molecule has 96 valence electrons. The van der Waals surface area contributed by atoms with Crippen LogP contribution >= 0.6 is 0 Å². The molecule has 0 saturated heterocycles. The lowest BCUT2D eigenvalue weighted by Gasteiger charge is -2.09. The maximum atomic E-state index is 11.9. The number of benzene rings is 1. The zero-order valence-corrected chi connectivity index (χ0v) is 9.35. The monoisotopic (exact) mass is 269 g/mol. The summed E-state index contributed by atoms with van der Waals surface area (Å²) >= 11 is 0. The maximum Gasteiger partial charge on any atom is 0.511 e. The molecule has 1 aromatic rings. The molecule has 0 unspecified atom stereocenters. The number of nitrogens with one attached hydrogen (secondary N) is 1. The first-order chi connectivity index (χ1) is 7.72. The highest BCUT2D eigenvalue weighted by atomic mass is 32.2. The summed E-state index contributed by atoms with van der Waals surface area (Å²) in [5, 5.41) is 9.08. The molecular formula is C9H10F3NO3S. The highest BCUT2D eigenvalue weighted by molar-refractivity contribution is 7.90. The van der Waals surface area contributed by atoms with Crippen LogP contribution in [0.25, 0.3) is 0 Å². The fourth-order valence-electron chi connectivity index (χ4n) is 1.12. The summed E-state index contributed by atoms with van der Waals surface area (Å²) in [6, 6.07) is 5.84. The molecule has 4 nitrogen and oxygen atoms in total. The first-order valence-corrected chi connectivity index (χ1v) is 6.04. The summed E-state index contributed by atoms with van der Waals surface area (Å²) in [6.45, 7) is -0.384. The van der Waals surface area contributed by atoms with Gasteiger partial charge in [0, 0.05) is 6.54 Å². The van der Waals surface area contributed by atoms with Gasteiger partial charge in [-0.25, -0.2) is 13.1 Å². The van der Waals surface area contributed by atoms with Crippen LogP contribution in [0.3, 0.4) is 0 Å². The molecule has 0 atom stereocenters. The first-order valence-electron chi connectivity index (χ1n) is 4.56. The van der Waals surface area contributed by atoms with E-state index in [1.54, 1.807) is 6.07 Å². The Hall–Kier alpha value is -1.28. The van der Waals surface area contributed by atoms with Crippen molar-refractivity contribution in [3.8, 4) is 5.75 Å². The Bertz CT molecular complexity index is 485. The Morgan fingerprint density at radius 1 is 1.29 bits per heavy atom. The third-order valence-electron chi connectivity index (χ3n) is 1.92. The van der Waals surface area contributed by atoms with E-state index < -0.39 is 15.5 Å². The van der Waals surface area contributed by atoms with Gasteiger partial charge in [0.05, 0.1) is 0 Å².